The van der Waals surface area contributed by atoms with Crippen LogP contribution in [-0.2, 0) is 19.6 Å². The van der Waals surface area contributed by atoms with Crippen LogP contribution in [0.15, 0.2) is 35.2 Å². The van der Waals surface area contributed by atoms with E-state index < -0.39 is 22.2 Å². The SMILES string of the molecule is CC(C)CN1CC2(CCN(S(=O)(=O)c3ccccc3)CC2)C2(CCN(C)C2=O)C1.O=C(O)C(F)(F)F. The topological polar surface area (TPSA) is 98.2 Å². The van der Waals surface area contributed by atoms with Crippen LogP contribution in [0.5, 0.6) is 0 Å². The van der Waals surface area contributed by atoms with Crippen molar-refractivity contribution in [3.05, 3.63) is 30.3 Å². The number of likely N-dealkylation sites (tertiary alicyclic amines) is 2. The Kier molecular flexibility index (Phi) is 8.12. The van der Waals surface area contributed by atoms with Crippen molar-refractivity contribution >= 4 is 21.9 Å². The molecule has 202 valence electrons. The van der Waals surface area contributed by atoms with Gasteiger partial charge < -0.3 is 14.9 Å². The Morgan fingerprint density at radius 3 is 2.06 bits per heavy atom. The van der Waals surface area contributed by atoms with Crippen LogP contribution >= 0.6 is 0 Å². The zero-order valence-corrected chi connectivity index (χ0v) is 21.6. The molecule has 1 aromatic rings. The molecule has 1 amide bonds. The summed E-state index contributed by atoms with van der Waals surface area (Å²) in [5.74, 6) is -1.94. The number of carboxylic acids is 1. The van der Waals surface area contributed by atoms with E-state index in [9.17, 15) is 26.4 Å². The molecule has 3 heterocycles. The molecular weight excluding hydrogens is 499 g/mol. The smallest absolute Gasteiger partial charge is 0.475 e. The summed E-state index contributed by atoms with van der Waals surface area (Å²) in [6.07, 6.45) is -2.68. The van der Waals surface area contributed by atoms with Gasteiger partial charge in [-0.25, -0.2) is 13.2 Å². The number of carbonyl (C=O) groups excluding carboxylic acids is 1. The van der Waals surface area contributed by atoms with Crippen molar-refractivity contribution in [2.75, 3.05) is 46.3 Å². The number of hydrogen-bond acceptors (Lipinski definition) is 5. The maximum atomic E-state index is 13.3. The number of alkyl halides is 3. The van der Waals surface area contributed by atoms with E-state index >= 15 is 0 Å². The lowest BCUT2D eigenvalue weighted by molar-refractivity contribution is -0.192. The van der Waals surface area contributed by atoms with Crippen LogP contribution in [0, 0.1) is 16.7 Å². The molecule has 3 fully saturated rings. The zero-order valence-electron chi connectivity index (χ0n) is 20.8. The summed E-state index contributed by atoms with van der Waals surface area (Å²) in [4.78, 5) is 26.9. The van der Waals surface area contributed by atoms with Gasteiger partial charge in [-0.15, -0.1) is 0 Å². The molecule has 3 saturated heterocycles. The van der Waals surface area contributed by atoms with Crippen molar-refractivity contribution in [1.82, 2.24) is 14.1 Å². The number of sulfonamides is 1. The molecule has 4 rings (SSSR count). The Hall–Kier alpha value is -2.18. The molecule has 12 heteroatoms. The first-order chi connectivity index (χ1) is 16.6. The van der Waals surface area contributed by atoms with E-state index in [2.05, 4.69) is 18.7 Å². The molecule has 1 unspecified atom stereocenters. The summed E-state index contributed by atoms with van der Waals surface area (Å²) < 4.78 is 59.5. The van der Waals surface area contributed by atoms with Crippen molar-refractivity contribution in [2.45, 2.75) is 44.2 Å². The molecule has 1 atom stereocenters. The highest BCUT2D eigenvalue weighted by Crippen LogP contribution is 2.58. The second-order valence-electron chi connectivity index (χ2n) is 10.4. The Morgan fingerprint density at radius 2 is 1.61 bits per heavy atom. The van der Waals surface area contributed by atoms with Crippen LogP contribution in [0.1, 0.15) is 33.1 Å². The van der Waals surface area contributed by atoms with Gasteiger partial charge in [0.2, 0.25) is 15.9 Å². The second-order valence-corrected chi connectivity index (χ2v) is 12.4. The van der Waals surface area contributed by atoms with Gasteiger partial charge >= 0.3 is 12.1 Å². The number of carboxylic acid groups (broad SMARTS) is 1. The number of fused-ring (bicyclic) bond motifs is 1. The highest BCUT2D eigenvalue weighted by molar-refractivity contribution is 7.89. The molecule has 3 aliphatic heterocycles. The van der Waals surface area contributed by atoms with Gasteiger partial charge in [0, 0.05) is 51.7 Å². The molecule has 0 radical (unpaired) electrons. The molecule has 3 aliphatic rings. The Bertz CT molecular complexity index is 1060. The molecule has 1 N–H and O–H groups in total. The van der Waals surface area contributed by atoms with Gasteiger partial charge in [0.1, 0.15) is 0 Å². The number of nitrogens with zero attached hydrogens (tertiary/aromatic N) is 3. The van der Waals surface area contributed by atoms with Gasteiger partial charge in [-0.3, -0.25) is 4.79 Å². The highest BCUT2D eigenvalue weighted by atomic mass is 32.2. The third-order valence-corrected chi connectivity index (χ3v) is 9.50. The average molecular weight is 534 g/mol. The number of piperidine rings is 1. The lowest BCUT2D eigenvalue weighted by atomic mass is 9.60. The van der Waals surface area contributed by atoms with Crippen LogP contribution in [-0.4, -0.2) is 92.0 Å². The summed E-state index contributed by atoms with van der Waals surface area (Å²) in [6.45, 7) is 8.94. The lowest BCUT2D eigenvalue weighted by Crippen LogP contribution is -2.53. The first kappa shape index (κ1) is 28.4. The predicted octanol–water partition coefficient (Wildman–Crippen LogP) is 2.91. The minimum absolute atomic E-state index is 0.119. The van der Waals surface area contributed by atoms with Gasteiger partial charge in [-0.05, 0) is 37.3 Å². The predicted molar refractivity (Wildman–Crippen MR) is 127 cm³/mol. The molecule has 0 saturated carbocycles. The zero-order chi connectivity index (χ0) is 26.9. The van der Waals surface area contributed by atoms with Crippen LogP contribution in [0.3, 0.4) is 0 Å². The quantitative estimate of drug-likeness (QED) is 0.639. The fourth-order valence-electron chi connectivity index (χ4n) is 5.93. The van der Waals surface area contributed by atoms with Crippen molar-refractivity contribution in [1.29, 1.82) is 0 Å². The normalized spacial score (nSPS) is 25.0. The van der Waals surface area contributed by atoms with Crippen molar-refractivity contribution < 1.29 is 36.3 Å². The van der Waals surface area contributed by atoms with Gasteiger partial charge in [-0.2, -0.15) is 17.5 Å². The Labute approximate surface area is 210 Å². The second kappa shape index (κ2) is 10.3. The molecule has 0 aliphatic carbocycles. The van der Waals surface area contributed by atoms with E-state index in [4.69, 9.17) is 9.90 Å². The first-order valence-electron chi connectivity index (χ1n) is 12.0. The third-order valence-electron chi connectivity index (χ3n) is 7.59. The van der Waals surface area contributed by atoms with E-state index in [0.29, 0.717) is 23.9 Å². The molecule has 2 spiro atoms. The maximum Gasteiger partial charge on any atom is 0.490 e. The third kappa shape index (κ3) is 5.40. The fourth-order valence-corrected chi connectivity index (χ4v) is 7.40. The highest BCUT2D eigenvalue weighted by Gasteiger charge is 2.64. The van der Waals surface area contributed by atoms with E-state index in [1.165, 1.54) is 0 Å². The minimum atomic E-state index is -5.08. The van der Waals surface area contributed by atoms with E-state index in [1.807, 2.05) is 18.0 Å². The maximum absolute atomic E-state index is 13.3. The number of hydrogen-bond donors (Lipinski definition) is 1. The van der Waals surface area contributed by atoms with Crippen LogP contribution in [0.4, 0.5) is 13.2 Å². The standard InChI is InChI=1S/C22H33N3O3S.C2HF3O2/c1-18(2)15-24-16-21(22(17-24)11-12-23(3)20(22)26)9-13-25(14-10-21)29(27,28)19-7-5-4-6-8-19;3-2(4,5)1(6)7/h4-8,18H,9-17H2,1-3H3;(H,6,7). The van der Waals surface area contributed by atoms with Gasteiger partial charge in [0.05, 0.1) is 10.3 Å². The van der Waals surface area contributed by atoms with Crippen molar-refractivity contribution in [3.63, 3.8) is 0 Å². The van der Waals surface area contributed by atoms with Crippen molar-refractivity contribution in [3.8, 4) is 0 Å². The number of aliphatic carboxylic acids is 1. The summed E-state index contributed by atoms with van der Waals surface area (Å²) in [6, 6.07) is 8.69. The number of halogens is 3. The molecule has 8 nitrogen and oxygen atoms in total. The monoisotopic (exact) mass is 533 g/mol. The first-order valence-corrected chi connectivity index (χ1v) is 13.4. The fraction of sp³-hybridized carbons (Fsp3) is 0.667. The summed E-state index contributed by atoms with van der Waals surface area (Å²) in [5, 5.41) is 7.12. The number of benzene rings is 1. The largest absolute Gasteiger partial charge is 0.490 e. The number of amides is 1. The van der Waals surface area contributed by atoms with Gasteiger partial charge in [0.25, 0.3) is 0 Å². The summed E-state index contributed by atoms with van der Waals surface area (Å²) in [7, 11) is -1.57. The van der Waals surface area contributed by atoms with Crippen LogP contribution in [0.25, 0.3) is 0 Å². The minimum Gasteiger partial charge on any atom is -0.475 e. The van der Waals surface area contributed by atoms with Crippen molar-refractivity contribution in [2.24, 2.45) is 16.7 Å². The summed E-state index contributed by atoms with van der Waals surface area (Å²) in [5.41, 5.74) is -0.467. The Morgan fingerprint density at radius 1 is 1.06 bits per heavy atom. The lowest BCUT2D eigenvalue weighted by Gasteiger charge is -2.46. The molecule has 0 aromatic heterocycles. The molecular formula is C24H34F3N3O5S. The number of carbonyl (C=O) groups is 2. The molecule has 0 bridgehead atoms. The Balaban J connectivity index is 0.000000454. The summed E-state index contributed by atoms with van der Waals surface area (Å²) >= 11 is 0. The molecule has 1 aromatic carbocycles. The van der Waals surface area contributed by atoms with Gasteiger partial charge in [0.15, 0.2) is 0 Å². The average Bonchev–Trinajstić information content (AvgIpc) is 3.25. The van der Waals surface area contributed by atoms with E-state index in [-0.39, 0.29) is 16.7 Å². The van der Waals surface area contributed by atoms with E-state index in [1.54, 1.807) is 28.6 Å². The van der Waals surface area contributed by atoms with E-state index in [0.717, 1.165) is 45.4 Å². The van der Waals surface area contributed by atoms with Gasteiger partial charge in [-0.1, -0.05) is 32.0 Å². The van der Waals surface area contributed by atoms with Crippen LogP contribution < -0.4 is 0 Å². The van der Waals surface area contributed by atoms with Crippen LogP contribution in [0.2, 0.25) is 0 Å². The molecule has 36 heavy (non-hydrogen) atoms. The number of rotatable bonds is 4.